The third-order valence-corrected chi connectivity index (χ3v) is 1.36. The van der Waals surface area contributed by atoms with E-state index in [4.69, 9.17) is 15.3 Å². The monoisotopic (exact) mass is 220 g/mol. The van der Waals surface area contributed by atoms with Crippen molar-refractivity contribution in [3.63, 3.8) is 0 Å². The highest BCUT2D eigenvalue weighted by molar-refractivity contribution is 5.84. The molecule has 15 heavy (non-hydrogen) atoms. The van der Waals surface area contributed by atoms with Crippen molar-refractivity contribution in [1.82, 2.24) is 0 Å². The molecular weight excluding hydrogens is 208 g/mol. The highest BCUT2D eigenvalue weighted by Crippen LogP contribution is 1.97. The van der Waals surface area contributed by atoms with Crippen molar-refractivity contribution in [2.75, 3.05) is 13.2 Å². The molecule has 0 spiro atoms. The van der Waals surface area contributed by atoms with Gasteiger partial charge in [0.1, 0.15) is 13.2 Å². The number of carbonyl (C=O) groups is 2. The summed E-state index contributed by atoms with van der Waals surface area (Å²) in [5.41, 5.74) is 0. The number of ether oxygens (including phenoxy) is 2. The molecule has 0 saturated heterocycles. The molecule has 0 aliphatic heterocycles. The number of hydrogen-bond donors (Lipinski definition) is 3. The Hall–Kier alpha value is -1.60. The summed E-state index contributed by atoms with van der Waals surface area (Å²) >= 11 is 0. The van der Waals surface area contributed by atoms with Crippen molar-refractivity contribution in [1.29, 1.82) is 0 Å². The van der Waals surface area contributed by atoms with E-state index < -0.39 is 24.1 Å². The zero-order valence-electron chi connectivity index (χ0n) is 7.83. The van der Waals surface area contributed by atoms with Crippen LogP contribution < -0.4 is 0 Å². The molecule has 0 rings (SSSR count). The molecular formula is C8H12O7. The summed E-state index contributed by atoms with van der Waals surface area (Å²) < 4.78 is 8.99. The Morgan fingerprint density at radius 2 is 1.87 bits per heavy atom. The van der Waals surface area contributed by atoms with Crippen LogP contribution in [0.1, 0.15) is 0 Å². The first kappa shape index (κ1) is 13.4. The molecule has 7 nitrogen and oxygen atoms in total. The lowest BCUT2D eigenvalue weighted by molar-refractivity contribution is -0.170. The molecule has 0 amide bonds. The first-order valence-corrected chi connectivity index (χ1v) is 3.98. The van der Waals surface area contributed by atoms with E-state index in [-0.39, 0.29) is 13.2 Å². The molecule has 0 heterocycles. The summed E-state index contributed by atoms with van der Waals surface area (Å²) in [7, 11) is 0. The number of aliphatic hydroxyl groups excluding tert-OH is 2. The van der Waals surface area contributed by atoms with Crippen molar-refractivity contribution < 1.29 is 34.4 Å². The second-order valence-electron chi connectivity index (χ2n) is 2.43. The Labute approximate surface area is 85.5 Å². The zero-order valence-corrected chi connectivity index (χ0v) is 7.83. The maximum absolute atomic E-state index is 10.9. The van der Waals surface area contributed by atoms with Gasteiger partial charge in [0.15, 0.2) is 12.2 Å². The molecule has 0 aromatic heterocycles. The van der Waals surface area contributed by atoms with E-state index in [1.807, 2.05) is 0 Å². The van der Waals surface area contributed by atoms with Crippen molar-refractivity contribution in [2.24, 2.45) is 0 Å². The molecule has 3 N–H and O–H groups in total. The van der Waals surface area contributed by atoms with Gasteiger partial charge in [-0.2, -0.15) is 0 Å². The van der Waals surface area contributed by atoms with Crippen LogP contribution >= 0.6 is 0 Å². The number of rotatable bonds is 7. The van der Waals surface area contributed by atoms with Gasteiger partial charge in [0.25, 0.3) is 0 Å². The Kier molecular flexibility index (Phi) is 6.07. The van der Waals surface area contributed by atoms with Crippen molar-refractivity contribution in [2.45, 2.75) is 12.2 Å². The smallest absolute Gasteiger partial charge is 0.338 e. The summed E-state index contributed by atoms with van der Waals surface area (Å²) in [6.07, 6.45) is -3.17. The van der Waals surface area contributed by atoms with E-state index in [0.29, 0.717) is 0 Å². The average molecular weight is 220 g/mol. The van der Waals surface area contributed by atoms with Crippen LogP contribution in [0.4, 0.5) is 0 Å². The molecule has 2 unspecified atom stereocenters. The summed E-state index contributed by atoms with van der Waals surface area (Å²) in [5.74, 6) is -2.93. The number of esters is 1. The predicted octanol–water partition coefficient (Wildman–Crippen LogP) is -1.50. The van der Waals surface area contributed by atoms with Crippen molar-refractivity contribution >= 4 is 11.9 Å². The van der Waals surface area contributed by atoms with E-state index in [9.17, 15) is 9.59 Å². The third-order valence-electron chi connectivity index (χ3n) is 1.36. The van der Waals surface area contributed by atoms with Gasteiger partial charge in [0.2, 0.25) is 0 Å². The second-order valence-corrected chi connectivity index (χ2v) is 2.43. The lowest BCUT2D eigenvalue weighted by Crippen LogP contribution is -2.40. The van der Waals surface area contributed by atoms with Crippen LogP contribution in [0.3, 0.4) is 0 Å². The normalized spacial score (nSPS) is 13.7. The van der Waals surface area contributed by atoms with E-state index in [2.05, 4.69) is 16.1 Å². The lowest BCUT2D eigenvalue weighted by atomic mass is 10.2. The minimum Gasteiger partial charge on any atom is -0.498 e. The van der Waals surface area contributed by atoms with Gasteiger partial charge in [-0.05, 0) is 0 Å². The Morgan fingerprint density at radius 1 is 1.27 bits per heavy atom. The first-order chi connectivity index (χ1) is 7.00. The van der Waals surface area contributed by atoms with Crippen LogP contribution in [0.2, 0.25) is 0 Å². The fraction of sp³-hybridized carbons (Fsp3) is 0.500. The van der Waals surface area contributed by atoms with Gasteiger partial charge in [0.05, 0.1) is 6.26 Å². The van der Waals surface area contributed by atoms with E-state index in [1.165, 1.54) is 0 Å². The van der Waals surface area contributed by atoms with Gasteiger partial charge in [-0.1, -0.05) is 6.58 Å². The van der Waals surface area contributed by atoms with E-state index in [1.54, 1.807) is 0 Å². The van der Waals surface area contributed by atoms with Gasteiger partial charge < -0.3 is 24.8 Å². The van der Waals surface area contributed by atoms with E-state index >= 15 is 0 Å². The number of carbonyl (C=O) groups excluding carboxylic acids is 1. The zero-order chi connectivity index (χ0) is 11.8. The van der Waals surface area contributed by atoms with Crippen LogP contribution in [0, 0.1) is 0 Å². The minimum atomic E-state index is -2.20. The van der Waals surface area contributed by atoms with Crippen LogP contribution in [0.5, 0.6) is 0 Å². The minimum absolute atomic E-state index is 0.0329. The fourth-order valence-electron chi connectivity index (χ4n) is 0.623. The summed E-state index contributed by atoms with van der Waals surface area (Å²) in [6.45, 7) is 3.09. The molecule has 0 aliphatic rings. The summed E-state index contributed by atoms with van der Waals surface area (Å²) in [5, 5.41) is 26.0. The topological polar surface area (TPSA) is 113 Å². The number of carboxylic acids is 1. The number of carboxylic acid groups (broad SMARTS) is 1. The highest BCUT2D eigenvalue weighted by atomic mass is 16.6. The maximum atomic E-state index is 10.9. The quantitative estimate of drug-likeness (QED) is 0.271. The first-order valence-electron chi connectivity index (χ1n) is 3.98. The molecule has 86 valence electrons. The third kappa shape index (κ3) is 4.99. The van der Waals surface area contributed by atoms with Crippen LogP contribution in [0.15, 0.2) is 12.8 Å². The standard InChI is InChI=1S/C8H12O7/c1-2-14-3-4-15-8(13)6(10)5(9)7(11)12/h2,5-6,9-10H,1,3-4H2,(H,11,12). The Balaban J connectivity index is 3.88. The van der Waals surface area contributed by atoms with Crippen LogP contribution in [-0.2, 0) is 19.1 Å². The number of aliphatic carboxylic acids is 1. The molecule has 0 bridgehead atoms. The molecule has 7 heteroatoms. The molecule has 2 atom stereocenters. The molecule has 0 saturated carbocycles. The predicted molar refractivity (Wildman–Crippen MR) is 46.8 cm³/mol. The van der Waals surface area contributed by atoms with Crippen molar-refractivity contribution in [3.05, 3.63) is 12.8 Å². The molecule has 0 fully saturated rings. The molecule has 0 aromatic carbocycles. The largest absolute Gasteiger partial charge is 0.498 e. The van der Waals surface area contributed by atoms with Crippen molar-refractivity contribution in [3.8, 4) is 0 Å². The van der Waals surface area contributed by atoms with Gasteiger partial charge in [0, 0.05) is 0 Å². The molecule has 0 aliphatic carbocycles. The number of aliphatic hydroxyl groups is 2. The van der Waals surface area contributed by atoms with Gasteiger partial charge in [-0.25, -0.2) is 9.59 Å². The molecule has 0 aromatic rings. The second kappa shape index (κ2) is 6.80. The van der Waals surface area contributed by atoms with Crippen LogP contribution in [0.25, 0.3) is 0 Å². The van der Waals surface area contributed by atoms with E-state index in [0.717, 1.165) is 6.26 Å². The van der Waals surface area contributed by atoms with Gasteiger partial charge in [-0.3, -0.25) is 0 Å². The summed E-state index contributed by atoms with van der Waals surface area (Å²) in [6, 6.07) is 0. The Bertz CT molecular complexity index is 237. The average Bonchev–Trinajstić information content (AvgIpc) is 2.21. The lowest BCUT2D eigenvalue weighted by Gasteiger charge is -2.12. The summed E-state index contributed by atoms with van der Waals surface area (Å²) in [4.78, 5) is 21.0. The van der Waals surface area contributed by atoms with Gasteiger partial charge >= 0.3 is 11.9 Å². The fourth-order valence-corrected chi connectivity index (χ4v) is 0.623. The molecule has 0 radical (unpaired) electrons. The highest BCUT2D eigenvalue weighted by Gasteiger charge is 2.31. The van der Waals surface area contributed by atoms with Gasteiger partial charge in [-0.15, -0.1) is 0 Å². The maximum Gasteiger partial charge on any atom is 0.338 e. The number of hydrogen-bond acceptors (Lipinski definition) is 6. The van der Waals surface area contributed by atoms with Crippen LogP contribution in [-0.4, -0.2) is 52.7 Å². The SMILES string of the molecule is C=COCCOC(=O)C(O)C(O)C(=O)O. The Morgan fingerprint density at radius 3 is 2.33 bits per heavy atom.